The molecule has 2 heterocycles. The summed E-state index contributed by atoms with van der Waals surface area (Å²) in [6, 6.07) is 0. The molecule has 0 saturated carbocycles. The summed E-state index contributed by atoms with van der Waals surface area (Å²) in [5, 5.41) is 7.17. The molecule has 0 bridgehead atoms. The van der Waals surface area contributed by atoms with Crippen molar-refractivity contribution in [3.63, 3.8) is 0 Å². The first kappa shape index (κ1) is 16.9. The van der Waals surface area contributed by atoms with Gasteiger partial charge in [-0.1, -0.05) is 13.8 Å². The SMILES string of the molecule is CC(C)c1nc(CN2CCCC(CNC(C)(C)C)C2)cs1. The normalized spacial score (nSPS) is 21.1. The van der Waals surface area contributed by atoms with Crippen molar-refractivity contribution in [2.75, 3.05) is 19.6 Å². The number of aromatic nitrogens is 1. The van der Waals surface area contributed by atoms with E-state index in [0.29, 0.717) is 5.92 Å². The highest BCUT2D eigenvalue weighted by molar-refractivity contribution is 7.09. The van der Waals surface area contributed by atoms with Crippen molar-refractivity contribution in [3.8, 4) is 0 Å². The molecular formula is C17H31N3S. The van der Waals surface area contributed by atoms with Gasteiger partial charge in [-0.3, -0.25) is 4.90 Å². The average molecular weight is 310 g/mol. The Balaban J connectivity index is 1.83. The van der Waals surface area contributed by atoms with E-state index in [1.165, 1.54) is 36.6 Å². The van der Waals surface area contributed by atoms with Crippen LogP contribution in [0, 0.1) is 5.92 Å². The molecule has 2 rings (SSSR count). The molecule has 0 amide bonds. The second-order valence-electron chi connectivity index (χ2n) is 7.71. The van der Waals surface area contributed by atoms with Gasteiger partial charge >= 0.3 is 0 Å². The van der Waals surface area contributed by atoms with Crippen molar-refractivity contribution < 1.29 is 0 Å². The van der Waals surface area contributed by atoms with Crippen LogP contribution in [0.4, 0.5) is 0 Å². The van der Waals surface area contributed by atoms with Crippen LogP contribution in [0.3, 0.4) is 0 Å². The fraction of sp³-hybridized carbons (Fsp3) is 0.824. The van der Waals surface area contributed by atoms with Gasteiger partial charge in [-0.05, 0) is 52.6 Å². The monoisotopic (exact) mass is 309 g/mol. The van der Waals surface area contributed by atoms with Crippen molar-refractivity contribution in [3.05, 3.63) is 16.1 Å². The summed E-state index contributed by atoms with van der Waals surface area (Å²) < 4.78 is 0. The van der Waals surface area contributed by atoms with Gasteiger partial charge in [0.05, 0.1) is 10.7 Å². The molecule has 3 nitrogen and oxygen atoms in total. The lowest BCUT2D eigenvalue weighted by Crippen LogP contribution is -2.44. The minimum atomic E-state index is 0.226. The quantitative estimate of drug-likeness (QED) is 0.895. The van der Waals surface area contributed by atoms with Crippen LogP contribution in [0.5, 0.6) is 0 Å². The summed E-state index contributed by atoms with van der Waals surface area (Å²) in [5.74, 6) is 1.33. The van der Waals surface area contributed by atoms with Crippen LogP contribution in [0.25, 0.3) is 0 Å². The zero-order valence-electron chi connectivity index (χ0n) is 14.3. The lowest BCUT2D eigenvalue weighted by Gasteiger charge is -2.34. The van der Waals surface area contributed by atoms with Crippen LogP contribution in [-0.2, 0) is 6.54 Å². The van der Waals surface area contributed by atoms with Gasteiger partial charge in [0.15, 0.2) is 0 Å². The minimum absolute atomic E-state index is 0.226. The van der Waals surface area contributed by atoms with E-state index in [2.05, 4.69) is 50.2 Å². The van der Waals surface area contributed by atoms with Gasteiger partial charge in [-0.2, -0.15) is 0 Å². The Morgan fingerprint density at radius 3 is 2.81 bits per heavy atom. The average Bonchev–Trinajstić information content (AvgIpc) is 2.85. The first-order valence-electron chi connectivity index (χ1n) is 8.25. The molecule has 1 unspecified atom stereocenters. The van der Waals surface area contributed by atoms with Crippen LogP contribution < -0.4 is 5.32 Å². The zero-order chi connectivity index (χ0) is 15.5. The van der Waals surface area contributed by atoms with Gasteiger partial charge in [-0.15, -0.1) is 11.3 Å². The van der Waals surface area contributed by atoms with E-state index in [0.717, 1.165) is 19.0 Å². The number of likely N-dealkylation sites (tertiary alicyclic amines) is 1. The van der Waals surface area contributed by atoms with Crippen LogP contribution in [0.15, 0.2) is 5.38 Å². The second kappa shape index (κ2) is 7.21. The highest BCUT2D eigenvalue weighted by Gasteiger charge is 2.22. The number of rotatable bonds is 5. The van der Waals surface area contributed by atoms with Crippen molar-refractivity contribution in [2.45, 2.75) is 65.5 Å². The van der Waals surface area contributed by atoms with E-state index in [1.807, 2.05) is 11.3 Å². The number of hydrogen-bond donors (Lipinski definition) is 1. The van der Waals surface area contributed by atoms with E-state index < -0.39 is 0 Å². The molecule has 1 atom stereocenters. The molecule has 1 aliphatic rings. The van der Waals surface area contributed by atoms with Crippen LogP contribution >= 0.6 is 11.3 Å². The van der Waals surface area contributed by atoms with E-state index in [-0.39, 0.29) is 5.54 Å². The minimum Gasteiger partial charge on any atom is -0.312 e. The third kappa shape index (κ3) is 5.68. The van der Waals surface area contributed by atoms with Gasteiger partial charge in [0.25, 0.3) is 0 Å². The van der Waals surface area contributed by atoms with E-state index in [9.17, 15) is 0 Å². The molecule has 1 saturated heterocycles. The van der Waals surface area contributed by atoms with Crippen molar-refractivity contribution >= 4 is 11.3 Å². The van der Waals surface area contributed by atoms with Crippen molar-refractivity contribution in [1.29, 1.82) is 0 Å². The lowest BCUT2D eigenvalue weighted by atomic mass is 9.96. The van der Waals surface area contributed by atoms with E-state index >= 15 is 0 Å². The number of thiazole rings is 1. The highest BCUT2D eigenvalue weighted by atomic mass is 32.1. The van der Waals surface area contributed by atoms with E-state index in [1.54, 1.807) is 0 Å². The summed E-state index contributed by atoms with van der Waals surface area (Å²) in [5.41, 5.74) is 1.48. The molecule has 0 spiro atoms. The second-order valence-corrected chi connectivity index (χ2v) is 8.60. The maximum absolute atomic E-state index is 4.78. The lowest BCUT2D eigenvalue weighted by molar-refractivity contribution is 0.158. The predicted molar refractivity (Wildman–Crippen MR) is 92.0 cm³/mol. The van der Waals surface area contributed by atoms with Crippen molar-refractivity contribution in [1.82, 2.24) is 15.2 Å². The van der Waals surface area contributed by atoms with Gasteiger partial charge < -0.3 is 5.32 Å². The molecule has 1 aromatic rings. The largest absolute Gasteiger partial charge is 0.312 e. The highest BCUT2D eigenvalue weighted by Crippen LogP contribution is 2.22. The Hall–Kier alpha value is -0.450. The van der Waals surface area contributed by atoms with Gasteiger partial charge in [-0.25, -0.2) is 4.98 Å². The Kier molecular flexibility index (Phi) is 5.81. The fourth-order valence-electron chi connectivity index (χ4n) is 2.80. The first-order chi connectivity index (χ1) is 9.83. The Morgan fingerprint density at radius 1 is 1.43 bits per heavy atom. The molecule has 1 aliphatic heterocycles. The van der Waals surface area contributed by atoms with Crippen LogP contribution in [0.2, 0.25) is 0 Å². The van der Waals surface area contributed by atoms with Gasteiger partial charge in [0.1, 0.15) is 0 Å². The summed E-state index contributed by atoms with van der Waals surface area (Å²) in [4.78, 5) is 7.36. The molecule has 4 heteroatoms. The Morgan fingerprint density at radius 2 is 2.19 bits per heavy atom. The summed E-state index contributed by atoms with van der Waals surface area (Å²) in [6.45, 7) is 15.8. The molecule has 1 N–H and O–H groups in total. The molecule has 21 heavy (non-hydrogen) atoms. The molecular weight excluding hydrogens is 278 g/mol. The topological polar surface area (TPSA) is 28.2 Å². The standard InChI is InChI=1S/C17H31N3S/c1-13(2)16-19-15(12-21-16)11-20-8-6-7-14(10-20)9-18-17(3,4)5/h12-14,18H,6-11H2,1-5H3. The fourth-order valence-corrected chi connectivity index (χ4v) is 3.63. The van der Waals surface area contributed by atoms with Crippen LogP contribution in [-0.4, -0.2) is 35.1 Å². The third-order valence-electron chi connectivity index (χ3n) is 3.97. The van der Waals surface area contributed by atoms with Crippen molar-refractivity contribution in [2.24, 2.45) is 5.92 Å². The van der Waals surface area contributed by atoms with Gasteiger partial charge in [0.2, 0.25) is 0 Å². The predicted octanol–water partition coefficient (Wildman–Crippen LogP) is 3.87. The van der Waals surface area contributed by atoms with Crippen LogP contribution in [0.1, 0.15) is 64.1 Å². The first-order valence-corrected chi connectivity index (χ1v) is 9.13. The molecule has 0 aliphatic carbocycles. The molecule has 1 fully saturated rings. The van der Waals surface area contributed by atoms with Gasteiger partial charge in [0, 0.05) is 29.9 Å². The number of nitrogens with one attached hydrogen (secondary N) is 1. The Labute approximate surface area is 134 Å². The smallest absolute Gasteiger partial charge is 0.0954 e. The summed E-state index contributed by atoms with van der Waals surface area (Å²) in [6.07, 6.45) is 2.67. The molecule has 0 aromatic carbocycles. The number of nitrogens with zero attached hydrogens (tertiary/aromatic N) is 2. The maximum Gasteiger partial charge on any atom is 0.0954 e. The zero-order valence-corrected chi connectivity index (χ0v) is 15.1. The van der Waals surface area contributed by atoms with E-state index in [4.69, 9.17) is 4.98 Å². The Bertz CT molecular complexity index is 433. The maximum atomic E-state index is 4.78. The summed E-state index contributed by atoms with van der Waals surface area (Å²) >= 11 is 1.81. The molecule has 1 aromatic heterocycles. The molecule has 120 valence electrons. The third-order valence-corrected chi connectivity index (χ3v) is 5.17. The number of hydrogen-bond acceptors (Lipinski definition) is 4. The molecule has 0 radical (unpaired) electrons. The summed E-state index contributed by atoms with van der Waals surface area (Å²) in [7, 11) is 0. The number of piperidine rings is 1.